The van der Waals surface area contributed by atoms with E-state index in [4.69, 9.17) is 0 Å². The molecule has 0 bridgehead atoms. The average molecular weight is 190 g/mol. The highest BCUT2D eigenvalue weighted by Crippen LogP contribution is 2.36. The molecule has 1 heteroatoms. The third kappa shape index (κ3) is 1.69. The van der Waals surface area contributed by atoms with Gasteiger partial charge >= 0.3 is 0 Å². The molecule has 0 aromatic heterocycles. The SMILES string of the molecule is CCCC(O)C1CCc2ccccc21. The van der Waals surface area contributed by atoms with Crippen molar-refractivity contribution < 1.29 is 5.11 Å². The number of aliphatic hydroxyl groups excluding tert-OH is 1. The van der Waals surface area contributed by atoms with Gasteiger partial charge in [0.25, 0.3) is 0 Å². The van der Waals surface area contributed by atoms with Crippen LogP contribution in [0.4, 0.5) is 0 Å². The van der Waals surface area contributed by atoms with Crippen LogP contribution < -0.4 is 0 Å². The first-order valence-corrected chi connectivity index (χ1v) is 5.58. The van der Waals surface area contributed by atoms with Gasteiger partial charge in [0.1, 0.15) is 0 Å². The zero-order valence-corrected chi connectivity index (χ0v) is 8.74. The van der Waals surface area contributed by atoms with Crippen LogP contribution >= 0.6 is 0 Å². The Labute approximate surface area is 85.8 Å². The monoisotopic (exact) mass is 190 g/mol. The lowest BCUT2D eigenvalue weighted by atomic mass is 9.93. The Kier molecular flexibility index (Phi) is 2.87. The van der Waals surface area contributed by atoms with E-state index in [0.717, 1.165) is 25.7 Å². The lowest BCUT2D eigenvalue weighted by Crippen LogP contribution is -2.15. The predicted octanol–water partition coefficient (Wildman–Crippen LogP) is 2.88. The lowest BCUT2D eigenvalue weighted by Gasteiger charge is -2.18. The van der Waals surface area contributed by atoms with E-state index in [-0.39, 0.29) is 6.10 Å². The van der Waals surface area contributed by atoms with Gasteiger partial charge in [0.05, 0.1) is 6.10 Å². The molecule has 0 spiro atoms. The van der Waals surface area contributed by atoms with E-state index in [1.165, 1.54) is 11.1 Å². The first-order valence-electron chi connectivity index (χ1n) is 5.58. The van der Waals surface area contributed by atoms with E-state index in [1.54, 1.807) is 0 Å². The summed E-state index contributed by atoms with van der Waals surface area (Å²) in [5.74, 6) is 0.395. The predicted molar refractivity (Wildman–Crippen MR) is 58.4 cm³/mol. The van der Waals surface area contributed by atoms with Crippen LogP contribution in [-0.2, 0) is 6.42 Å². The van der Waals surface area contributed by atoms with Gasteiger partial charge in [-0.3, -0.25) is 0 Å². The van der Waals surface area contributed by atoms with Crippen LogP contribution in [0.1, 0.15) is 43.2 Å². The van der Waals surface area contributed by atoms with Gasteiger partial charge < -0.3 is 5.11 Å². The summed E-state index contributed by atoms with van der Waals surface area (Å²) < 4.78 is 0. The summed E-state index contributed by atoms with van der Waals surface area (Å²) >= 11 is 0. The lowest BCUT2D eigenvalue weighted by molar-refractivity contribution is 0.132. The highest BCUT2D eigenvalue weighted by Gasteiger charge is 2.27. The summed E-state index contributed by atoms with van der Waals surface area (Å²) in [6.07, 6.45) is 4.13. The number of aryl methyl sites for hydroxylation is 1. The molecular weight excluding hydrogens is 172 g/mol. The van der Waals surface area contributed by atoms with Crippen LogP contribution in [-0.4, -0.2) is 11.2 Å². The molecule has 1 aromatic rings. The molecule has 0 fully saturated rings. The first-order chi connectivity index (χ1) is 6.83. The second-order valence-corrected chi connectivity index (χ2v) is 4.20. The molecule has 1 N–H and O–H groups in total. The van der Waals surface area contributed by atoms with Crippen molar-refractivity contribution in [1.29, 1.82) is 0 Å². The largest absolute Gasteiger partial charge is 0.392 e. The number of hydrogen-bond acceptors (Lipinski definition) is 1. The molecule has 0 saturated heterocycles. The van der Waals surface area contributed by atoms with Gasteiger partial charge in [0.2, 0.25) is 0 Å². The second-order valence-electron chi connectivity index (χ2n) is 4.20. The number of benzene rings is 1. The smallest absolute Gasteiger partial charge is 0.0608 e. The van der Waals surface area contributed by atoms with Gasteiger partial charge in [-0.2, -0.15) is 0 Å². The van der Waals surface area contributed by atoms with Crippen LogP contribution in [0.2, 0.25) is 0 Å². The third-order valence-electron chi connectivity index (χ3n) is 3.23. The molecule has 0 aliphatic heterocycles. The maximum atomic E-state index is 10.00. The van der Waals surface area contributed by atoms with E-state index in [1.807, 2.05) is 0 Å². The summed E-state index contributed by atoms with van der Waals surface area (Å²) in [4.78, 5) is 0. The number of aliphatic hydroxyl groups is 1. The summed E-state index contributed by atoms with van der Waals surface area (Å²) in [6.45, 7) is 2.13. The van der Waals surface area contributed by atoms with E-state index in [9.17, 15) is 5.11 Å². The van der Waals surface area contributed by atoms with Crippen molar-refractivity contribution in [3.8, 4) is 0 Å². The van der Waals surface area contributed by atoms with Gasteiger partial charge in [0, 0.05) is 5.92 Å². The van der Waals surface area contributed by atoms with Crippen molar-refractivity contribution >= 4 is 0 Å². The molecule has 0 saturated carbocycles. The zero-order valence-electron chi connectivity index (χ0n) is 8.74. The Bertz CT molecular complexity index is 306. The van der Waals surface area contributed by atoms with Crippen molar-refractivity contribution in [2.75, 3.05) is 0 Å². The number of rotatable bonds is 3. The number of hydrogen-bond donors (Lipinski definition) is 1. The molecule has 1 aromatic carbocycles. The van der Waals surface area contributed by atoms with Crippen molar-refractivity contribution in [1.82, 2.24) is 0 Å². The van der Waals surface area contributed by atoms with Crippen LogP contribution in [0.15, 0.2) is 24.3 Å². The molecule has 1 nitrogen and oxygen atoms in total. The van der Waals surface area contributed by atoms with Gasteiger partial charge in [-0.15, -0.1) is 0 Å². The standard InChI is InChI=1S/C13H18O/c1-2-5-13(14)12-9-8-10-6-3-4-7-11(10)12/h3-4,6-7,12-14H,2,5,8-9H2,1H3. The maximum absolute atomic E-state index is 10.00. The van der Waals surface area contributed by atoms with Gasteiger partial charge in [-0.1, -0.05) is 37.6 Å². The highest BCUT2D eigenvalue weighted by atomic mass is 16.3. The minimum atomic E-state index is -0.136. The fraction of sp³-hybridized carbons (Fsp3) is 0.538. The number of fused-ring (bicyclic) bond motifs is 1. The highest BCUT2D eigenvalue weighted by molar-refractivity contribution is 5.35. The molecule has 0 heterocycles. The molecular formula is C13H18O. The fourth-order valence-electron chi connectivity index (χ4n) is 2.49. The van der Waals surface area contributed by atoms with Gasteiger partial charge in [0.15, 0.2) is 0 Å². The maximum Gasteiger partial charge on any atom is 0.0608 e. The molecule has 76 valence electrons. The second kappa shape index (κ2) is 4.14. The third-order valence-corrected chi connectivity index (χ3v) is 3.23. The summed E-state index contributed by atoms with van der Waals surface area (Å²) in [6, 6.07) is 8.53. The summed E-state index contributed by atoms with van der Waals surface area (Å²) in [7, 11) is 0. The zero-order chi connectivity index (χ0) is 9.97. The molecule has 0 radical (unpaired) electrons. The van der Waals surface area contributed by atoms with E-state index in [0.29, 0.717) is 5.92 Å². The topological polar surface area (TPSA) is 20.2 Å². The minimum Gasteiger partial charge on any atom is -0.392 e. The Hall–Kier alpha value is -0.820. The summed E-state index contributed by atoms with van der Waals surface area (Å²) in [5.41, 5.74) is 2.82. The summed E-state index contributed by atoms with van der Waals surface area (Å²) in [5, 5.41) is 10.00. The average Bonchev–Trinajstić information content (AvgIpc) is 2.61. The van der Waals surface area contributed by atoms with Gasteiger partial charge in [-0.25, -0.2) is 0 Å². The van der Waals surface area contributed by atoms with Crippen LogP contribution in [0.25, 0.3) is 0 Å². The quantitative estimate of drug-likeness (QED) is 0.777. The van der Waals surface area contributed by atoms with E-state index < -0.39 is 0 Å². The van der Waals surface area contributed by atoms with Crippen LogP contribution in [0, 0.1) is 0 Å². The van der Waals surface area contributed by atoms with E-state index in [2.05, 4.69) is 31.2 Å². The Morgan fingerprint density at radius 1 is 1.43 bits per heavy atom. The normalized spacial score (nSPS) is 22.0. The molecule has 2 rings (SSSR count). The fourth-order valence-corrected chi connectivity index (χ4v) is 2.49. The molecule has 1 aliphatic carbocycles. The van der Waals surface area contributed by atoms with Crippen molar-refractivity contribution in [2.45, 2.75) is 44.6 Å². The first kappa shape index (κ1) is 9.72. The van der Waals surface area contributed by atoms with Crippen molar-refractivity contribution in [2.24, 2.45) is 0 Å². The van der Waals surface area contributed by atoms with E-state index >= 15 is 0 Å². The molecule has 2 atom stereocenters. The minimum absolute atomic E-state index is 0.136. The van der Waals surface area contributed by atoms with Crippen LogP contribution in [0.5, 0.6) is 0 Å². The Morgan fingerprint density at radius 3 is 3.00 bits per heavy atom. The Morgan fingerprint density at radius 2 is 2.21 bits per heavy atom. The Balaban J connectivity index is 2.17. The molecule has 2 unspecified atom stereocenters. The van der Waals surface area contributed by atoms with Crippen LogP contribution in [0.3, 0.4) is 0 Å². The molecule has 1 aliphatic rings. The van der Waals surface area contributed by atoms with Gasteiger partial charge in [-0.05, 0) is 30.4 Å². The molecule has 0 amide bonds. The van der Waals surface area contributed by atoms with Crippen molar-refractivity contribution in [3.63, 3.8) is 0 Å². The molecule has 14 heavy (non-hydrogen) atoms. The van der Waals surface area contributed by atoms with Crippen molar-refractivity contribution in [3.05, 3.63) is 35.4 Å².